The quantitative estimate of drug-likeness (QED) is 0.354. The molecule has 0 saturated carbocycles. The van der Waals surface area contributed by atoms with Crippen molar-refractivity contribution in [1.29, 1.82) is 0 Å². The maximum absolute atomic E-state index is 12.1. The highest BCUT2D eigenvalue weighted by Gasteiger charge is 2.29. The lowest BCUT2D eigenvalue weighted by Crippen LogP contribution is -2.43. The summed E-state index contributed by atoms with van der Waals surface area (Å²) in [6.45, 7) is 3.25. The van der Waals surface area contributed by atoms with Crippen LogP contribution in [0.5, 0.6) is 0 Å². The standard InChI is InChI=1S/C8H14N4O3S2/c1-5(8(9)11-13)12(3)17(14,15)7-4-10-6(2)16-7/h4-5,13H,1-3H3,(H2,9,11). The van der Waals surface area contributed by atoms with E-state index in [4.69, 9.17) is 10.9 Å². The van der Waals surface area contributed by atoms with E-state index in [1.54, 1.807) is 6.92 Å². The van der Waals surface area contributed by atoms with E-state index in [9.17, 15) is 8.42 Å². The molecule has 1 aromatic rings. The van der Waals surface area contributed by atoms with Crippen LogP contribution in [-0.4, -0.2) is 41.8 Å². The van der Waals surface area contributed by atoms with Gasteiger partial charge in [0.05, 0.1) is 17.2 Å². The van der Waals surface area contributed by atoms with Crippen molar-refractivity contribution in [2.45, 2.75) is 24.1 Å². The number of likely N-dealkylation sites (N-methyl/N-ethyl adjacent to an activating group) is 1. The fourth-order valence-electron chi connectivity index (χ4n) is 1.08. The second kappa shape index (κ2) is 4.98. The molecular formula is C8H14N4O3S2. The minimum Gasteiger partial charge on any atom is -0.409 e. The normalized spacial score (nSPS) is 15.2. The summed E-state index contributed by atoms with van der Waals surface area (Å²) in [4.78, 5) is 3.89. The van der Waals surface area contributed by atoms with Gasteiger partial charge in [-0.05, 0) is 13.8 Å². The number of thiazole rings is 1. The molecule has 1 unspecified atom stereocenters. The molecule has 0 saturated heterocycles. The van der Waals surface area contributed by atoms with Gasteiger partial charge in [0.15, 0.2) is 10.0 Å². The number of rotatable bonds is 4. The Morgan fingerprint density at radius 2 is 2.29 bits per heavy atom. The maximum Gasteiger partial charge on any atom is 0.254 e. The van der Waals surface area contributed by atoms with Gasteiger partial charge in [0.25, 0.3) is 10.0 Å². The highest BCUT2D eigenvalue weighted by molar-refractivity contribution is 7.91. The Kier molecular flexibility index (Phi) is 4.07. The summed E-state index contributed by atoms with van der Waals surface area (Å²) >= 11 is 1.08. The van der Waals surface area contributed by atoms with Gasteiger partial charge in [0.1, 0.15) is 0 Å². The Morgan fingerprint density at radius 1 is 1.71 bits per heavy atom. The first-order chi connectivity index (χ1) is 7.80. The predicted molar refractivity (Wildman–Crippen MR) is 64.7 cm³/mol. The number of hydrogen-bond donors (Lipinski definition) is 2. The zero-order chi connectivity index (χ0) is 13.2. The van der Waals surface area contributed by atoms with E-state index in [0.29, 0.717) is 5.01 Å². The monoisotopic (exact) mass is 278 g/mol. The first kappa shape index (κ1) is 13.9. The number of aromatic nitrogens is 1. The molecule has 0 aromatic carbocycles. The molecule has 7 nitrogen and oxygen atoms in total. The van der Waals surface area contributed by atoms with E-state index in [1.807, 2.05) is 0 Å². The summed E-state index contributed by atoms with van der Waals surface area (Å²) in [7, 11) is -2.29. The molecule has 3 N–H and O–H groups in total. The van der Waals surface area contributed by atoms with E-state index in [2.05, 4.69) is 10.1 Å². The number of sulfonamides is 1. The first-order valence-electron chi connectivity index (χ1n) is 4.68. The van der Waals surface area contributed by atoms with Gasteiger partial charge < -0.3 is 10.9 Å². The van der Waals surface area contributed by atoms with Gasteiger partial charge in [-0.1, -0.05) is 5.16 Å². The number of oxime groups is 1. The van der Waals surface area contributed by atoms with E-state index >= 15 is 0 Å². The molecule has 0 fully saturated rings. The Morgan fingerprint density at radius 3 is 2.71 bits per heavy atom. The third-order valence-electron chi connectivity index (χ3n) is 2.32. The largest absolute Gasteiger partial charge is 0.409 e. The van der Waals surface area contributed by atoms with Gasteiger partial charge in [-0.15, -0.1) is 11.3 Å². The molecule has 9 heteroatoms. The van der Waals surface area contributed by atoms with Gasteiger partial charge >= 0.3 is 0 Å². The van der Waals surface area contributed by atoms with Gasteiger partial charge in [0, 0.05) is 7.05 Å². The van der Waals surface area contributed by atoms with Crippen molar-refractivity contribution >= 4 is 27.2 Å². The average molecular weight is 278 g/mol. The minimum absolute atomic E-state index is 0.134. The lowest BCUT2D eigenvalue weighted by Gasteiger charge is -2.21. The number of hydrogen-bond acceptors (Lipinski definition) is 6. The summed E-state index contributed by atoms with van der Waals surface area (Å²) in [5.74, 6) is -0.169. The van der Waals surface area contributed by atoms with Crippen molar-refractivity contribution in [3.8, 4) is 0 Å². The van der Waals surface area contributed by atoms with Crippen LogP contribution in [0.25, 0.3) is 0 Å². The lowest BCUT2D eigenvalue weighted by atomic mass is 10.3. The van der Waals surface area contributed by atoms with Crippen LogP contribution in [0.2, 0.25) is 0 Å². The fraction of sp³-hybridized carbons (Fsp3) is 0.500. The molecule has 1 atom stereocenters. The third-order valence-corrected chi connectivity index (χ3v) is 5.60. The smallest absolute Gasteiger partial charge is 0.254 e. The van der Waals surface area contributed by atoms with Gasteiger partial charge in [-0.2, -0.15) is 4.31 Å². The average Bonchev–Trinajstić information content (AvgIpc) is 2.73. The summed E-state index contributed by atoms with van der Waals surface area (Å²) in [5.41, 5.74) is 5.38. The van der Waals surface area contributed by atoms with Crippen molar-refractivity contribution in [3.63, 3.8) is 0 Å². The van der Waals surface area contributed by atoms with E-state index in [-0.39, 0.29) is 10.0 Å². The molecule has 0 aliphatic carbocycles. The van der Waals surface area contributed by atoms with Crippen LogP contribution >= 0.6 is 11.3 Å². The second-order valence-corrected chi connectivity index (χ2v) is 6.88. The van der Waals surface area contributed by atoms with Crippen LogP contribution in [0.1, 0.15) is 11.9 Å². The van der Waals surface area contributed by atoms with Crippen molar-refractivity contribution in [2.24, 2.45) is 10.9 Å². The molecule has 17 heavy (non-hydrogen) atoms. The molecule has 1 heterocycles. The molecular weight excluding hydrogens is 264 g/mol. The molecule has 0 bridgehead atoms. The molecule has 96 valence electrons. The number of nitrogens with two attached hydrogens (primary N) is 1. The van der Waals surface area contributed by atoms with Crippen molar-refractivity contribution in [1.82, 2.24) is 9.29 Å². The van der Waals surface area contributed by atoms with Gasteiger partial charge in [0.2, 0.25) is 0 Å². The zero-order valence-corrected chi connectivity index (χ0v) is 11.3. The summed E-state index contributed by atoms with van der Waals surface area (Å²) in [6.07, 6.45) is 1.30. The fourth-order valence-corrected chi connectivity index (χ4v) is 3.71. The molecule has 0 aliphatic rings. The highest BCUT2D eigenvalue weighted by atomic mass is 32.2. The zero-order valence-electron chi connectivity index (χ0n) is 9.65. The third kappa shape index (κ3) is 2.73. The van der Waals surface area contributed by atoms with Crippen LogP contribution in [0, 0.1) is 6.92 Å². The van der Waals surface area contributed by atoms with Crippen molar-refractivity contribution in [3.05, 3.63) is 11.2 Å². The van der Waals surface area contributed by atoms with Crippen LogP contribution in [0.3, 0.4) is 0 Å². The molecule has 0 aliphatic heterocycles. The number of nitrogens with zero attached hydrogens (tertiary/aromatic N) is 3. The van der Waals surface area contributed by atoms with E-state index in [1.165, 1.54) is 20.2 Å². The molecule has 1 aromatic heterocycles. The maximum atomic E-state index is 12.1. The van der Waals surface area contributed by atoms with Gasteiger partial charge in [-0.3, -0.25) is 0 Å². The Bertz CT molecular complexity index is 523. The summed E-state index contributed by atoms with van der Waals surface area (Å²) < 4.78 is 25.4. The Hall–Kier alpha value is -1.19. The van der Waals surface area contributed by atoms with E-state index < -0.39 is 16.1 Å². The lowest BCUT2D eigenvalue weighted by molar-refractivity contribution is 0.311. The van der Waals surface area contributed by atoms with Crippen LogP contribution in [0.15, 0.2) is 15.6 Å². The van der Waals surface area contributed by atoms with Crippen molar-refractivity contribution in [2.75, 3.05) is 7.05 Å². The topological polar surface area (TPSA) is 109 Å². The molecule has 0 radical (unpaired) electrons. The Labute approximate surface area is 104 Å². The second-order valence-electron chi connectivity index (χ2n) is 3.42. The molecule has 0 spiro atoms. The predicted octanol–water partition coefficient (Wildman–Crippen LogP) is 0.207. The number of amidine groups is 1. The highest BCUT2D eigenvalue weighted by Crippen LogP contribution is 2.22. The number of aryl methyl sites for hydroxylation is 1. The summed E-state index contributed by atoms with van der Waals surface area (Å²) in [5, 5.41) is 12.0. The van der Waals surface area contributed by atoms with Crippen LogP contribution in [0.4, 0.5) is 0 Å². The first-order valence-corrected chi connectivity index (χ1v) is 6.94. The minimum atomic E-state index is -3.66. The van der Waals surface area contributed by atoms with E-state index in [0.717, 1.165) is 15.6 Å². The Balaban J connectivity index is 3.07. The van der Waals surface area contributed by atoms with Crippen LogP contribution < -0.4 is 5.73 Å². The molecule has 1 rings (SSSR count). The SMILES string of the molecule is Cc1ncc(S(=O)(=O)N(C)C(C)C(N)=NO)s1. The summed E-state index contributed by atoms with van der Waals surface area (Å²) in [6, 6.07) is -0.729. The van der Waals surface area contributed by atoms with Crippen molar-refractivity contribution < 1.29 is 13.6 Å². The van der Waals surface area contributed by atoms with Crippen LogP contribution in [-0.2, 0) is 10.0 Å². The van der Waals surface area contributed by atoms with Gasteiger partial charge in [-0.25, -0.2) is 13.4 Å². The molecule has 0 amide bonds.